The predicted octanol–water partition coefficient (Wildman–Crippen LogP) is 2.00. The second-order valence-corrected chi connectivity index (χ2v) is 6.90. The van der Waals surface area contributed by atoms with Gasteiger partial charge in [0.05, 0.1) is 11.4 Å². The van der Waals surface area contributed by atoms with E-state index in [9.17, 15) is 0 Å². The number of hydrogen-bond donors (Lipinski definition) is 1. The van der Waals surface area contributed by atoms with E-state index in [1.165, 1.54) is 5.56 Å². The molecule has 1 saturated heterocycles. The Bertz CT molecular complexity index is 697. The van der Waals surface area contributed by atoms with E-state index < -0.39 is 0 Å². The number of guanidine groups is 1. The lowest BCUT2D eigenvalue weighted by molar-refractivity contribution is 0.169. The number of aliphatic imine (C=N–C) groups is 1. The average molecular weight is 374 g/mol. The standard InChI is InChI=1S/C19H30N6O2/c1-4-20-19(21-8-5-6-18-15(2)22-27-16(18)3)25-11-9-24(10-12-25)14-17-7-13-26-23-17/h7,13H,4-6,8-12,14H2,1-3H3,(H,20,21). The van der Waals surface area contributed by atoms with Crippen LogP contribution < -0.4 is 5.32 Å². The Morgan fingerprint density at radius 1 is 1.22 bits per heavy atom. The zero-order chi connectivity index (χ0) is 19.1. The maximum absolute atomic E-state index is 5.23. The van der Waals surface area contributed by atoms with Gasteiger partial charge in [0, 0.05) is 57.4 Å². The zero-order valence-corrected chi connectivity index (χ0v) is 16.6. The summed E-state index contributed by atoms with van der Waals surface area (Å²) in [6.07, 6.45) is 3.57. The molecular formula is C19H30N6O2. The van der Waals surface area contributed by atoms with Crippen molar-refractivity contribution in [1.29, 1.82) is 0 Å². The molecule has 0 atom stereocenters. The Morgan fingerprint density at radius 2 is 2.04 bits per heavy atom. The van der Waals surface area contributed by atoms with Crippen molar-refractivity contribution < 1.29 is 9.05 Å². The fourth-order valence-corrected chi connectivity index (χ4v) is 3.39. The fraction of sp³-hybridized carbons (Fsp3) is 0.632. The van der Waals surface area contributed by atoms with Crippen LogP contribution in [0.3, 0.4) is 0 Å². The van der Waals surface area contributed by atoms with Crippen molar-refractivity contribution in [2.45, 2.75) is 40.2 Å². The van der Waals surface area contributed by atoms with Crippen molar-refractivity contribution in [3.63, 3.8) is 0 Å². The van der Waals surface area contributed by atoms with Gasteiger partial charge in [0.25, 0.3) is 0 Å². The van der Waals surface area contributed by atoms with Crippen LogP contribution in [0.5, 0.6) is 0 Å². The van der Waals surface area contributed by atoms with Gasteiger partial charge < -0.3 is 19.3 Å². The maximum Gasteiger partial charge on any atom is 0.194 e. The van der Waals surface area contributed by atoms with Gasteiger partial charge in [-0.05, 0) is 33.6 Å². The van der Waals surface area contributed by atoms with Crippen molar-refractivity contribution in [3.05, 3.63) is 35.0 Å². The van der Waals surface area contributed by atoms with Gasteiger partial charge in [-0.3, -0.25) is 9.89 Å². The summed E-state index contributed by atoms with van der Waals surface area (Å²) in [6, 6.07) is 1.93. The summed E-state index contributed by atoms with van der Waals surface area (Å²) in [5.74, 6) is 1.93. The number of nitrogens with one attached hydrogen (secondary N) is 1. The molecule has 1 aliphatic rings. The molecule has 27 heavy (non-hydrogen) atoms. The van der Waals surface area contributed by atoms with Gasteiger partial charge in [0.2, 0.25) is 0 Å². The highest BCUT2D eigenvalue weighted by Gasteiger charge is 2.20. The van der Waals surface area contributed by atoms with Crippen molar-refractivity contribution in [3.8, 4) is 0 Å². The molecule has 0 aromatic carbocycles. The van der Waals surface area contributed by atoms with Gasteiger partial charge in [0.1, 0.15) is 12.0 Å². The number of nitrogens with zero attached hydrogens (tertiary/aromatic N) is 5. The van der Waals surface area contributed by atoms with Crippen LogP contribution in [-0.2, 0) is 13.0 Å². The second-order valence-electron chi connectivity index (χ2n) is 6.90. The lowest BCUT2D eigenvalue weighted by atomic mass is 10.1. The summed E-state index contributed by atoms with van der Waals surface area (Å²) >= 11 is 0. The molecule has 0 bridgehead atoms. The van der Waals surface area contributed by atoms with Crippen LogP contribution in [-0.4, -0.2) is 65.3 Å². The molecule has 0 unspecified atom stereocenters. The third-order valence-corrected chi connectivity index (χ3v) is 4.91. The summed E-state index contributed by atoms with van der Waals surface area (Å²) in [5.41, 5.74) is 3.20. The zero-order valence-electron chi connectivity index (χ0n) is 16.6. The smallest absolute Gasteiger partial charge is 0.194 e. The average Bonchev–Trinajstić information content (AvgIpc) is 3.29. The van der Waals surface area contributed by atoms with Crippen LogP contribution in [0.4, 0.5) is 0 Å². The van der Waals surface area contributed by atoms with Crippen LogP contribution in [0.15, 0.2) is 26.4 Å². The summed E-state index contributed by atoms with van der Waals surface area (Å²) in [5, 5.41) is 11.4. The first-order valence-electron chi connectivity index (χ1n) is 9.74. The first kappa shape index (κ1) is 19.4. The van der Waals surface area contributed by atoms with Gasteiger partial charge in [-0.25, -0.2) is 0 Å². The molecule has 2 aromatic rings. The third kappa shape index (κ3) is 5.32. The molecule has 0 radical (unpaired) electrons. The van der Waals surface area contributed by atoms with E-state index in [2.05, 4.69) is 32.4 Å². The molecule has 2 aromatic heterocycles. The molecule has 3 rings (SSSR count). The Balaban J connectivity index is 1.47. The number of rotatable bonds is 7. The van der Waals surface area contributed by atoms with Crippen LogP contribution in [0.1, 0.15) is 36.1 Å². The van der Waals surface area contributed by atoms with Gasteiger partial charge >= 0.3 is 0 Å². The summed E-state index contributed by atoms with van der Waals surface area (Å²) < 4.78 is 10.2. The first-order chi connectivity index (χ1) is 13.2. The lowest BCUT2D eigenvalue weighted by Crippen LogP contribution is -2.52. The highest BCUT2D eigenvalue weighted by Crippen LogP contribution is 2.14. The third-order valence-electron chi connectivity index (χ3n) is 4.91. The highest BCUT2D eigenvalue weighted by atomic mass is 16.5. The Hall–Kier alpha value is -2.35. The van der Waals surface area contributed by atoms with Crippen LogP contribution in [0.2, 0.25) is 0 Å². The van der Waals surface area contributed by atoms with Crippen LogP contribution in [0, 0.1) is 13.8 Å². The molecule has 3 heterocycles. The number of piperazine rings is 1. The largest absolute Gasteiger partial charge is 0.364 e. The van der Waals surface area contributed by atoms with E-state index in [1.807, 2.05) is 19.9 Å². The van der Waals surface area contributed by atoms with E-state index in [4.69, 9.17) is 14.0 Å². The molecular weight excluding hydrogens is 344 g/mol. The van der Waals surface area contributed by atoms with Crippen LogP contribution in [0.25, 0.3) is 0 Å². The quantitative estimate of drug-likeness (QED) is 0.451. The van der Waals surface area contributed by atoms with E-state index in [0.717, 1.165) is 81.8 Å². The van der Waals surface area contributed by atoms with Crippen molar-refractivity contribution in [1.82, 2.24) is 25.4 Å². The molecule has 0 aliphatic carbocycles. The molecule has 0 saturated carbocycles. The minimum absolute atomic E-state index is 0.797. The van der Waals surface area contributed by atoms with Crippen LogP contribution >= 0.6 is 0 Å². The van der Waals surface area contributed by atoms with Crippen molar-refractivity contribution in [2.24, 2.45) is 4.99 Å². The lowest BCUT2D eigenvalue weighted by Gasteiger charge is -2.36. The van der Waals surface area contributed by atoms with E-state index >= 15 is 0 Å². The summed E-state index contributed by atoms with van der Waals surface area (Å²) in [4.78, 5) is 9.58. The Kier molecular flexibility index (Phi) is 6.86. The van der Waals surface area contributed by atoms with Gasteiger partial charge in [0.15, 0.2) is 5.96 Å². The molecule has 0 amide bonds. The SMILES string of the molecule is CCNC(=NCCCc1c(C)noc1C)N1CCN(Cc2ccon2)CC1. The van der Waals surface area contributed by atoms with Crippen molar-refractivity contribution >= 4 is 5.96 Å². The Morgan fingerprint density at radius 3 is 2.67 bits per heavy atom. The summed E-state index contributed by atoms with van der Waals surface area (Å²) in [7, 11) is 0. The first-order valence-corrected chi connectivity index (χ1v) is 9.74. The van der Waals surface area contributed by atoms with E-state index in [-0.39, 0.29) is 0 Å². The van der Waals surface area contributed by atoms with Gasteiger partial charge in [-0.1, -0.05) is 10.3 Å². The summed E-state index contributed by atoms with van der Waals surface area (Å²) in [6.45, 7) is 12.5. The normalized spacial score (nSPS) is 16.1. The highest BCUT2D eigenvalue weighted by molar-refractivity contribution is 5.80. The molecule has 1 N–H and O–H groups in total. The number of hydrogen-bond acceptors (Lipinski definition) is 6. The molecule has 148 valence electrons. The van der Waals surface area contributed by atoms with E-state index in [0.29, 0.717) is 0 Å². The number of aryl methyl sites for hydroxylation is 2. The van der Waals surface area contributed by atoms with Crippen molar-refractivity contribution in [2.75, 3.05) is 39.3 Å². The Labute approximate surface area is 160 Å². The predicted molar refractivity (Wildman–Crippen MR) is 104 cm³/mol. The molecule has 8 nitrogen and oxygen atoms in total. The minimum atomic E-state index is 0.797. The molecule has 1 fully saturated rings. The maximum atomic E-state index is 5.23. The topological polar surface area (TPSA) is 82.9 Å². The fourth-order valence-electron chi connectivity index (χ4n) is 3.39. The minimum Gasteiger partial charge on any atom is -0.364 e. The van der Waals surface area contributed by atoms with Gasteiger partial charge in [-0.15, -0.1) is 0 Å². The van der Waals surface area contributed by atoms with Gasteiger partial charge in [-0.2, -0.15) is 0 Å². The molecule has 0 spiro atoms. The van der Waals surface area contributed by atoms with E-state index in [1.54, 1.807) is 6.26 Å². The monoisotopic (exact) mass is 374 g/mol. The number of aromatic nitrogens is 2. The second kappa shape index (κ2) is 9.55. The molecule has 1 aliphatic heterocycles. The molecule has 8 heteroatoms.